The lowest BCUT2D eigenvalue weighted by Crippen LogP contribution is -2.31. The Morgan fingerprint density at radius 3 is 2.66 bits per heavy atom. The lowest BCUT2D eigenvalue weighted by atomic mass is 10.2. The molecule has 3 rings (SSSR count). The summed E-state index contributed by atoms with van der Waals surface area (Å²) >= 11 is 0. The molecule has 3 aromatic rings. The van der Waals surface area contributed by atoms with Gasteiger partial charge in [-0.2, -0.15) is 0 Å². The van der Waals surface area contributed by atoms with Gasteiger partial charge in [0.05, 0.1) is 0 Å². The van der Waals surface area contributed by atoms with Gasteiger partial charge in [-0.3, -0.25) is 4.79 Å². The van der Waals surface area contributed by atoms with Crippen molar-refractivity contribution in [2.24, 2.45) is 5.92 Å². The summed E-state index contributed by atoms with van der Waals surface area (Å²) < 4.78 is 2.21. The second kappa shape index (κ2) is 9.23. The first-order chi connectivity index (χ1) is 13.9. The smallest absolute Gasteiger partial charge is 0.319 e. The first-order valence-corrected chi connectivity index (χ1v) is 9.77. The Labute approximate surface area is 170 Å². The van der Waals surface area contributed by atoms with Crippen molar-refractivity contribution in [1.29, 1.82) is 0 Å². The minimum atomic E-state index is -0.341. The monoisotopic (exact) mass is 393 g/mol. The van der Waals surface area contributed by atoms with Crippen molar-refractivity contribution in [3.8, 4) is 0 Å². The Kier molecular flexibility index (Phi) is 6.49. The Morgan fingerprint density at radius 2 is 1.93 bits per heavy atom. The van der Waals surface area contributed by atoms with E-state index in [0.717, 1.165) is 23.0 Å². The van der Waals surface area contributed by atoms with Crippen LogP contribution < -0.4 is 16.0 Å². The molecule has 0 fully saturated rings. The van der Waals surface area contributed by atoms with E-state index in [1.807, 2.05) is 37.3 Å². The number of benzene rings is 1. The number of nitrogens with one attached hydrogen (secondary N) is 3. The lowest BCUT2D eigenvalue weighted by Gasteiger charge is -2.10. The van der Waals surface area contributed by atoms with E-state index in [0.29, 0.717) is 17.4 Å². The first kappa shape index (κ1) is 20.4. The third-order valence-corrected chi connectivity index (χ3v) is 4.41. The molecule has 0 spiro atoms. The summed E-state index contributed by atoms with van der Waals surface area (Å²) in [5.41, 5.74) is 2.88. The van der Waals surface area contributed by atoms with E-state index in [-0.39, 0.29) is 24.9 Å². The van der Waals surface area contributed by atoms with Crippen LogP contribution in [0.2, 0.25) is 0 Å². The number of fused-ring (bicyclic) bond motifs is 1. The zero-order chi connectivity index (χ0) is 20.8. The number of aromatic nitrogens is 2. The van der Waals surface area contributed by atoms with Gasteiger partial charge in [-0.15, -0.1) is 0 Å². The van der Waals surface area contributed by atoms with Crippen LogP contribution in [0.1, 0.15) is 25.8 Å². The number of hydrogen-bond acceptors (Lipinski definition) is 3. The number of hydrogen-bond donors (Lipinski definition) is 3. The number of rotatable bonds is 7. The number of aryl methyl sites for hydroxylation is 1. The van der Waals surface area contributed by atoms with Gasteiger partial charge in [0.2, 0.25) is 5.91 Å². The average molecular weight is 393 g/mol. The Hall–Kier alpha value is -3.35. The number of nitrogens with zero attached hydrogens (tertiary/aromatic N) is 2. The molecule has 7 heteroatoms. The van der Waals surface area contributed by atoms with E-state index in [1.54, 1.807) is 12.3 Å². The first-order valence-electron chi connectivity index (χ1n) is 9.77. The summed E-state index contributed by atoms with van der Waals surface area (Å²) in [6, 6.07) is 11.2. The van der Waals surface area contributed by atoms with Gasteiger partial charge in [-0.1, -0.05) is 19.9 Å². The number of urea groups is 1. The van der Waals surface area contributed by atoms with Crippen molar-refractivity contribution in [1.82, 2.24) is 14.9 Å². The minimum Gasteiger partial charge on any atom is -0.347 e. The predicted octanol–water partition coefficient (Wildman–Crippen LogP) is 4.15. The van der Waals surface area contributed by atoms with Crippen LogP contribution in [0.5, 0.6) is 0 Å². The van der Waals surface area contributed by atoms with Gasteiger partial charge < -0.3 is 20.5 Å². The van der Waals surface area contributed by atoms with Gasteiger partial charge in [0, 0.05) is 48.5 Å². The highest BCUT2D eigenvalue weighted by atomic mass is 16.2. The molecule has 3 amide bonds. The van der Waals surface area contributed by atoms with Crippen molar-refractivity contribution in [2.75, 3.05) is 17.2 Å². The second-order valence-corrected chi connectivity index (χ2v) is 7.54. The van der Waals surface area contributed by atoms with Crippen molar-refractivity contribution >= 4 is 34.3 Å². The minimum absolute atomic E-state index is 0.167. The van der Waals surface area contributed by atoms with Crippen molar-refractivity contribution < 1.29 is 9.59 Å². The van der Waals surface area contributed by atoms with Gasteiger partial charge in [-0.25, -0.2) is 9.78 Å². The van der Waals surface area contributed by atoms with Crippen LogP contribution in [-0.4, -0.2) is 28.0 Å². The molecule has 0 atom stereocenters. The van der Waals surface area contributed by atoms with Crippen molar-refractivity contribution in [3.63, 3.8) is 0 Å². The molecular weight excluding hydrogens is 366 g/mol. The molecule has 7 nitrogen and oxygen atoms in total. The molecule has 29 heavy (non-hydrogen) atoms. The summed E-state index contributed by atoms with van der Waals surface area (Å²) in [4.78, 5) is 28.2. The van der Waals surface area contributed by atoms with Crippen LogP contribution in [0.15, 0.2) is 48.8 Å². The Morgan fingerprint density at radius 1 is 1.10 bits per heavy atom. The highest BCUT2D eigenvalue weighted by Gasteiger charge is 2.08. The molecule has 0 aliphatic rings. The molecule has 0 aliphatic heterocycles. The average Bonchev–Trinajstić information content (AvgIpc) is 3.05. The standard InChI is InChI=1S/C22H27N5O2/c1-15(2)14-27-11-9-17-12-18(5-6-19(17)27)25-22(29)23-10-8-21(28)26-20-7-4-16(3)13-24-20/h4-7,9,11-13,15H,8,10,14H2,1-3H3,(H2,23,25,29)(H,24,26,28). The van der Waals surface area contributed by atoms with Crippen LogP contribution >= 0.6 is 0 Å². The maximum Gasteiger partial charge on any atom is 0.319 e. The molecule has 0 aliphatic carbocycles. The molecule has 0 unspecified atom stereocenters. The van der Waals surface area contributed by atoms with E-state index in [2.05, 4.69) is 45.5 Å². The fourth-order valence-electron chi connectivity index (χ4n) is 3.04. The zero-order valence-corrected chi connectivity index (χ0v) is 17.0. The zero-order valence-electron chi connectivity index (χ0n) is 17.0. The normalized spacial score (nSPS) is 10.9. The third-order valence-electron chi connectivity index (χ3n) is 4.41. The van der Waals surface area contributed by atoms with E-state index in [4.69, 9.17) is 0 Å². The summed E-state index contributed by atoms with van der Waals surface area (Å²) in [6.07, 6.45) is 3.92. The van der Waals surface area contributed by atoms with Crippen LogP contribution in [0.25, 0.3) is 10.9 Å². The molecule has 0 bridgehead atoms. The maximum absolute atomic E-state index is 12.1. The second-order valence-electron chi connectivity index (χ2n) is 7.54. The van der Waals surface area contributed by atoms with E-state index in [9.17, 15) is 9.59 Å². The fourth-order valence-corrected chi connectivity index (χ4v) is 3.04. The Balaban J connectivity index is 1.46. The van der Waals surface area contributed by atoms with Crippen LogP contribution in [-0.2, 0) is 11.3 Å². The van der Waals surface area contributed by atoms with Gasteiger partial charge in [0.1, 0.15) is 5.82 Å². The third kappa shape index (κ3) is 5.81. The SMILES string of the molecule is Cc1ccc(NC(=O)CCNC(=O)Nc2ccc3c(ccn3CC(C)C)c2)nc1. The fraction of sp³-hybridized carbons (Fsp3) is 0.318. The number of carbonyl (C=O) groups excluding carboxylic acids is 2. The molecule has 2 heterocycles. The molecule has 1 aromatic carbocycles. The molecule has 0 radical (unpaired) electrons. The van der Waals surface area contributed by atoms with Crippen LogP contribution in [0, 0.1) is 12.8 Å². The summed E-state index contributed by atoms with van der Waals surface area (Å²) in [7, 11) is 0. The predicted molar refractivity (Wildman–Crippen MR) is 116 cm³/mol. The largest absolute Gasteiger partial charge is 0.347 e. The van der Waals surface area contributed by atoms with Gasteiger partial charge >= 0.3 is 6.03 Å². The van der Waals surface area contributed by atoms with Gasteiger partial charge in [0.25, 0.3) is 0 Å². The van der Waals surface area contributed by atoms with Crippen LogP contribution in [0.4, 0.5) is 16.3 Å². The van der Waals surface area contributed by atoms with E-state index in [1.165, 1.54) is 0 Å². The van der Waals surface area contributed by atoms with Gasteiger partial charge in [-0.05, 0) is 48.7 Å². The Bertz CT molecular complexity index is 992. The van der Waals surface area contributed by atoms with Crippen molar-refractivity contribution in [2.45, 2.75) is 33.7 Å². The van der Waals surface area contributed by atoms with Crippen LogP contribution in [0.3, 0.4) is 0 Å². The highest BCUT2D eigenvalue weighted by molar-refractivity contribution is 5.94. The summed E-state index contributed by atoms with van der Waals surface area (Å²) in [5, 5.41) is 9.29. The molecule has 152 valence electrons. The molecule has 0 saturated heterocycles. The quantitative estimate of drug-likeness (QED) is 0.563. The van der Waals surface area contributed by atoms with E-state index >= 15 is 0 Å². The number of carbonyl (C=O) groups is 2. The number of pyridine rings is 1. The van der Waals surface area contributed by atoms with Gasteiger partial charge in [0.15, 0.2) is 0 Å². The molecule has 0 saturated carbocycles. The molecule has 3 N–H and O–H groups in total. The highest BCUT2D eigenvalue weighted by Crippen LogP contribution is 2.21. The number of amides is 3. The topological polar surface area (TPSA) is 88.0 Å². The summed E-state index contributed by atoms with van der Waals surface area (Å²) in [5.74, 6) is 0.866. The maximum atomic E-state index is 12.1. The number of anilines is 2. The van der Waals surface area contributed by atoms with E-state index < -0.39 is 0 Å². The lowest BCUT2D eigenvalue weighted by molar-refractivity contribution is -0.116. The molecule has 2 aromatic heterocycles. The van der Waals surface area contributed by atoms with Crippen molar-refractivity contribution in [3.05, 3.63) is 54.4 Å². The molecular formula is C22H27N5O2. The summed E-state index contributed by atoms with van der Waals surface area (Å²) in [6.45, 7) is 7.49.